The van der Waals surface area contributed by atoms with Crippen LogP contribution in [0.3, 0.4) is 0 Å². The predicted octanol–water partition coefficient (Wildman–Crippen LogP) is 2.98. The lowest BCUT2D eigenvalue weighted by Crippen LogP contribution is -2.33. The molecule has 3 N–H and O–H groups in total. The third kappa shape index (κ3) is 4.91. The second kappa shape index (κ2) is 7.63. The van der Waals surface area contributed by atoms with E-state index in [9.17, 15) is 12.8 Å². The van der Waals surface area contributed by atoms with Crippen LogP contribution in [0.15, 0.2) is 21.5 Å². The molecule has 4 nitrogen and oxygen atoms in total. The second-order valence-electron chi connectivity index (χ2n) is 4.31. The molecule has 20 heavy (non-hydrogen) atoms. The van der Waals surface area contributed by atoms with Crippen LogP contribution < -0.4 is 10.5 Å². The van der Waals surface area contributed by atoms with Crippen LogP contribution >= 0.6 is 27.7 Å². The maximum absolute atomic E-state index is 13.3. The van der Waals surface area contributed by atoms with Gasteiger partial charge in [0.2, 0.25) is 10.0 Å². The summed E-state index contributed by atoms with van der Waals surface area (Å²) in [7, 11) is -3.75. The summed E-state index contributed by atoms with van der Waals surface area (Å²) in [6.07, 6.45) is 0.722. The zero-order valence-electron chi connectivity index (χ0n) is 11.3. The highest BCUT2D eigenvalue weighted by atomic mass is 79.9. The molecular formula is C12H18BrFN2O2S2. The Morgan fingerprint density at radius 2 is 2.15 bits per heavy atom. The minimum Gasteiger partial charge on any atom is -0.398 e. The molecule has 0 saturated heterocycles. The number of nitrogens with one attached hydrogen (secondary N) is 1. The number of hydrogen-bond donors (Lipinski definition) is 2. The molecule has 0 spiro atoms. The fraction of sp³-hybridized carbons (Fsp3) is 0.500. The Morgan fingerprint density at radius 1 is 1.50 bits per heavy atom. The lowest BCUT2D eigenvalue weighted by atomic mass is 10.3. The van der Waals surface area contributed by atoms with Crippen molar-refractivity contribution in [3.8, 4) is 0 Å². The fourth-order valence-corrected chi connectivity index (χ4v) is 4.29. The molecule has 1 rings (SSSR count). The molecule has 0 aromatic heterocycles. The van der Waals surface area contributed by atoms with Crippen molar-refractivity contribution >= 4 is 43.4 Å². The van der Waals surface area contributed by atoms with Gasteiger partial charge in [0.25, 0.3) is 0 Å². The largest absolute Gasteiger partial charge is 0.398 e. The molecule has 0 aliphatic heterocycles. The summed E-state index contributed by atoms with van der Waals surface area (Å²) in [6, 6.07) is 1.97. The Labute approximate surface area is 131 Å². The van der Waals surface area contributed by atoms with E-state index in [0.29, 0.717) is 0 Å². The van der Waals surface area contributed by atoms with Crippen molar-refractivity contribution in [2.45, 2.75) is 31.2 Å². The van der Waals surface area contributed by atoms with Gasteiger partial charge in [-0.15, -0.1) is 0 Å². The van der Waals surface area contributed by atoms with E-state index in [1.165, 1.54) is 6.07 Å². The molecule has 0 radical (unpaired) electrons. The van der Waals surface area contributed by atoms with Gasteiger partial charge in [-0.3, -0.25) is 0 Å². The maximum atomic E-state index is 13.3. The van der Waals surface area contributed by atoms with Gasteiger partial charge >= 0.3 is 0 Å². The molecule has 1 aromatic carbocycles. The third-order valence-corrected chi connectivity index (χ3v) is 5.78. The number of rotatable bonds is 7. The first-order valence-electron chi connectivity index (χ1n) is 6.12. The Hall–Kier alpha value is -0.310. The minimum atomic E-state index is -3.75. The van der Waals surface area contributed by atoms with E-state index >= 15 is 0 Å². The number of halogens is 2. The lowest BCUT2D eigenvalue weighted by molar-refractivity contribution is 0.557. The van der Waals surface area contributed by atoms with Gasteiger partial charge in [-0.2, -0.15) is 11.8 Å². The van der Waals surface area contributed by atoms with Gasteiger partial charge in [-0.1, -0.05) is 6.92 Å². The SMILES string of the molecule is CCSCCC(C)NS(=O)(=O)c1cc(Br)c(F)cc1N. The smallest absolute Gasteiger partial charge is 0.242 e. The number of hydrogen-bond acceptors (Lipinski definition) is 4. The molecule has 0 amide bonds. The van der Waals surface area contributed by atoms with Crippen molar-refractivity contribution in [1.82, 2.24) is 4.72 Å². The number of nitrogens with two attached hydrogens (primary N) is 1. The number of sulfonamides is 1. The number of anilines is 1. The van der Waals surface area contributed by atoms with E-state index in [1.54, 1.807) is 18.7 Å². The van der Waals surface area contributed by atoms with Crippen LogP contribution in [0.2, 0.25) is 0 Å². The predicted molar refractivity (Wildman–Crippen MR) is 85.9 cm³/mol. The van der Waals surface area contributed by atoms with Crippen molar-refractivity contribution in [1.29, 1.82) is 0 Å². The zero-order valence-corrected chi connectivity index (χ0v) is 14.5. The van der Waals surface area contributed by atoms with Crippen LogP contribution in [-0.2, 0) is 10.0 Å². The van der Waals surface area contributed by atoms with Gasteiger partial charge in [0.15, 0.2) is 0 Å². The lowest BCUT2D eigenvalue weighted by Gasteiger charge is -2.15. The summed E-state index contributed by atoms with van der Waals surface area (Å²) in [5.41, 5.74) is 5.49. The molecule has 114 valence electrons. The van der Waals surface area contributed by atoms with Crippen LogP contribution in [0.1, 0.15) is 20.3 Å². The Balaban J connectivity index is 2.86. The maximum Gasteiger partial charge on any atom is 0.242 e. The highest BCUT2D eigenvalue weighted by Gasteiger charge is 2.21. The normalized spacial score (nSPS) is 13.4. The van der Waals surface area contributed by atoms with Crippen LogP contribution in [0.4, 0.5) is 10.1 Å². The minimum absolute atomic E-state index is 0.0706. The highest BCUT2D eigenvalue weighted by Crippen LogP contribution is 2.26. The van der Waals surface area contributed by atoms with E-state index in [4.69, 9.17) is 5.73 Å². The molecule has 1 aromatic rings. The summed E-state index contributed by atoms with van der Waals surface area (Å²) >= 11 is 4.71. The summed E-state index contributed by atoms with van der Waals surface area (Å²) in [5, 5.41) is 0. The van der Waals surface area contributed by atoms with Crippen LogP contribution in [0.5, 0.6) is 0 Å². The Kier molecular flexibility index (Phi) is 6.77. The van der Waals surface area contributed by atoms with E-state index in [1.807, 2.05) is 0 Å². The molecule has 0 fully saturated rings. The molecule has 1 unspecified atom stereocenters. The van der Waals surface area contributed by atoms with E-state index < -0.39 is 15.8 Å². The molecule has 1 atom stereocenters. The van der Waals surface area contributed by atoms with Crippen LogP contribution in [-0.4, -0.2) is 26.0 Å². The highest BCUT2D eigenvalue weighted by molar-refractivity contribution is 9.10. The van der Waals surface area contributed by atoms with Crippen molar-refractivity contribution in [2.75, 3.05) is 17.2 Å². The molecule has 0 bridgehead atoms. The van der Waals surface area contributed by atoms with E-state index in [-0.39, 0.29) is 21.1 Å². The van der Waals surface area contributed by atoms with Gasteiger partial charge in [0, 0.05) is 6.04 Å². The molecule has 0 saturated carbocycles. The summed E-state index contributed by atoms with van der Waals surface area (Å²) in [5.74, 6) is 1.29. The summed E-state index contributed by atoms with van der Waals surface area (Å²) in [4.78, 5) is -0.110. The van der Waals surface area contributed by atoms with Gasteiger partial charge in [0.1, 0.15) is 10.7 Å². The number of nitrogen functional groups attached to an aromatic ring is 1. The molecule has 8 heteroatoms. The summed E-state index contributed by atoms with van der Waals surface area (Å²) in [6.45, 7) is 3.85. The van der Waals surface area contributed by atoms with Crippen molar-refractivity contribution in [3.05, 3.63) is 22.4 Å². The average Bonchev–Trinajstić information content (AvgIpc) is 2.33. The van der Waals surface area contributed by atoms with Crippen LogP contribution in [0, 0.1) is 5.82 Å². The first-order chi connectivity index (χ1) is 9.27. The van der Waals surface area contributed by atoms with Gasteiger partial charge < -0.3 is 5.73 Å². The van der Waals surface area contributed by atoms with Crippen molar-refractivity contribution in [2.24, 2.45) is 0 Å². The zero-order chi connectivity index (χ0) is 15.3. The topological polar surface area (TPSA) is 72.2 Å². The number of benzene rings is 1. The van der Waals surface area contributed by atoms with Gasteiger partial charge in [-0.25, -0.2) is 17.5 Å². The first-order valence-corrected chi connectivity index (χ1v) is 9.55. The third-order valence-electron chi connectivity index (χ3n) is 2.60. The Bertz CT molecular complexity index is 567. The molecule has 0 aliphatic carbocycles. The molecule has 0 heterocycles. The first kappa shape index (κ1) is 17.7. The van der Waals surface area contributed by atoms with E-state index in [2.05, 4.69) is 27.6 Å². The fourth-order valence-electron chi connectivity index (χ4n) is 1.57. The Morgan fingerprint density at radius 3 is 2.75 bits per heavy atom. The molecular weight excluding hydrogens is 367 g/mol. The second-order valence-corrected chi connectivity index (χ2v) is 8.24. The van der Waals surface area contributed by atoms with Gasteiger partial charge in [-0.05, 0) is 52.9 Å². The quantitative estimate of drug-likeness (QED) is 0.559. The standard InChI is InChI=1S/C12H18BrFN2O2S2/c1-3-19-5-4-8(2)16-20(17,18)12-6-9(13)10(14)7-11(12)15/h6-8,16H,3-5,15H2,1-2H3. The monoisotopic (exact) mass is 384 g/mol. The molecule has 0 aliphatic rings. The average molecular weight is 385 g/mol. The van der Waals surface area contributed by atoms with Crippen LogP contribution in [0.25, 0.3) is 0 Å². The van der Waals surface area contributed by atoms with Crippen molar-refractivity contribution < 1.29 is 12.8 Å². The van der Waals surface area contributed by atoms with Gasteiger partial charge in [0.05, 0.1) is 10.2 Å². The van der Waals surface area contributed by atoms with Crippen molar-refractivity contribution in [3.63, 3.8) is 0 Å². The summed E-state index contributed by atoms with van der Waals surface area (Å²) < 4.78 is 40.3. The number of thioether (sulfide) groups is 1. The van der Waals surface area contributed by atoms with E-state index in [0.717, 1.165) is 24.0 Å².